The molecule has 1 aliphatic heterocycles. The molecular formula is C6H6N2O2. The van der Waals surface area contributed by atoms with E-state index in [1.54, 1.807) is 17.0 Å². The largest absolute Gasteiger partial charge is 0.507 e. The van der Waals surface area contributed by atoms with Crippen LogP contribution in [0.3, 0.4) is 0 Å². The number of aromatic nitrogens is 2. The molecule has 0 saturated carbocycles. The minimum atomic E-state index is 0.213. The lowest BCUT2D eigenvalue weighted by Gasteiger charge is -2.10. The zero-order valence-electron chi connectivity index (χ0n) is 5.19. The Labute approximate surface area is 57.4 Å². The van der Waals surface area contributed by atoms with E-state index in [0.29, 0.717) is 12.6 Å². The van der Waals surface area contributed by atoms with Crippen molar-refractivity contribution in [2.24, 2.45) is 0 Å². The fourth-order valence-electron chi connectivity index (χ4n) is 0.866. The molecular weight excluding hydrogens is 132 g/mol. The molecule has 0 amide bonds. The Morgan fingerprint density at radius 2 is 2.60 bits per heavy atom. The number of hydrogen-bond acceptors (Lipinski definition) is 3. The average Bonchev–Trinajstić information content (AvgIpc) is 2.33. The van der Waals surface area contributed by atoms with Gasteiger partial charge in [0.05, 0.1) is 6.54 Å². The van der Waals surface area contributed by atoms with Crippen molar-refractivity contribution in [1.82, 2.24) is 9.55 Å². The van der Waals surface area contributed by atoms with Gasteiger partial charge in [0.25, 0.3) is 0 Å². The molecule has 1 aromatic rings. The van der Waals surface area contributed by atoms with E-state index in [-0.39, 0.29) is 5.76 Å². The van der Waals surface area contributed by atoms with Gasteiger partial charge < -0.3 is 9.84 Å². The number of nitrogens with zero attached hydrogens (tertiary/aromatic N) is 2. The molecule has 4 nitrogen and oxygen atoms in total. The predicted octanol–water partition coefficient (Wildman–Crippen LogP) is 0.675. The molecule has 0 radical (unpaired) electrons. The van der Waals surface area contributed by atoms with Gasteiger partial charge in [-0.1, -0.05) is 0 Å². The first-order chi connectivity index (χ1) is 4.86. The van der Waals surface area contributed by atoms with Crippen molar-refractivity contribution in [1.29, 1.82) is 0 Å². The first-order valence-corrected chi connectivity index (χ1v) is 2.92. The van der Waals surface area contributed by atoms with Gasteiger partial charge in [-0.2, -0.15) is 0 Å². The summed E-state index contributed by atoms with van der Waals surface area (Å²) >= 11 is 0. The molecule has 0 atom stereocenters. The van der Waals surface area contributed by atoms with Gasteiger partial charge in [0.15, 0.2) is 0 Å². The van der Waals surface area contributed by atoms with E-state index >= 15 is 0 Å². The van der Waals surface area contributed by atoms with E-state index < -0.39 is 0 Å². The van der Waals surface area contributed by atoms with Gasteiger partial charge in [-0.25, -0.2) is 4.98 Å². The number of rotatable bonds is 0. The van der Waals surface area contributed by atoms with Gasteiger partial charge in [-0.15, -0.1) is 0 Å². The quantitative estimate of drug-likeness (QED) is 0.573. The maximum Gasteiger partial charge on any atom is 0.301 e. The van der Waals surface area contributed by atoms with Crippen LogP contribution in [0.15, 0.2) is 24.4 Å². The van der Waals surface area contributed by atoms with Gasteiger partial charge in [0.2, 0.25) is 0 Å². The highest BCUT2D eigenvalue weighted by atomic mass is 16.5. The van der Waals surface area contributed by atoms with Crippen LogP contribution >= 0.6 is 0 Å². The maximum absolute atomic E-state index is 8.96. The topological polar surface area (TPSA) is 47.3 Å². The Morgan fingerprint density at radius 3 is 3.50 bits per heavy atom. The number of imidazole rings is 1. The minimum absolute atomic E-state index is 0.213. The Balaban J connectivity index is 2.39. The van der Waals surface area contributed by atoms with E-state index in [1.807, 2.05) is 0 Å². The van der Waals surface area contributed by atoms with Crippen LogP contribution in [0.25, 0.3) is 0 Å². The first-order valence-electron chi connectivity index (χ1n) is 2.92. The molecule has 0 saturated heterocycles. The lowest BCUT2D eigenvalue weighted by molar-refractivity contribution is 0.292. The van der Waals surface area contributed by atoms with Crippen molar-refractivity contribution in [3.8, 4) is 6.01 Å². The van der Waals surface area contributed by atoms with Crippen molar-refractivity contribution in [3.05, 3.63) is 24.4 Å². The summed E-state index contributed by atoms with van der Waals surface area (Å²) in [5.74, 6) is 0.213. The summed E-state index contributed by atoms with van der Waals surface area (Å²) in [6, 6.07) is 0.526. The van der Waals surface area contributed by atoms with Crippen molar-refractivity contribution >= 4 is 0 Å². The summed E-state index contributed by atoms with van der Waals surface area (Å²) in [5, 5.41) is 8.96. The maximum atomic E-state index is 8.96. The highest BCUT2D eigenvalue weighted by Gasteiger charge is 2.09. The Hall–Kier alpha value is -1.45. The number of hydrogen-bond donors (Lipinski definition) is 1. The minimum Gasteiger partial charge on any atom is -0.507 e. The second kappa shape index (κ2) is 1.76. The van der Waals surface area contributed by atoms with Crippen LogP contribution in [0.5, 0.6) is 6.01 Å². The lowest BCUT2D eigenvalue weighted by Crippen LogP contribution is -2.08. The van der Waals surface area contributed by atoms with Crippen molar-refractivity contribution in [2.45, 2.75) is 6.54 Å². The molecule has 0 spiro atoms. The highest BCUT2D eigenvalue weighted by molar-refractivity contribution is 5.08. The average molecular weight is 138 g/mol. The summed E-state index contributed by atoms with van der Waals surface area (Å²) in [7, 11) is 0. The highest BCUT2D eigenvalue weighted by Crippen LogP contribution is 2.14. The van der Waals surface area contributed by atoms with Crippen molar-refractivity contribution in [3.63, 3.8) is 0 Å². The number of aliphatic hydroxyl groups is 1. The van der Waals surface area contributed by atoms with Crippen LogP contribution < -0.4 is 4.74 Å². The molecule has 0 fully saturated rings. The lowest BCUT2D eigenvalue weighted by atomic mass is 10.5. The summed E-state index contributed by atoms with van der Waals surface area (Å²) in [6.45, 7) is 0.454. The van der Waals surface area contributed by atoms with Gasteiger partial charge >= 0.3 is 6.01 Å². The predicted molar refractivity (Wildman–Crippen MR) is 33.6 cm³/mol. The van der Waals surface area contributed by atoms with Crippen molar-refractivity contribution < 1.29 is 9.84 Å². The summed E-state index contributed by atoms with van der Waals surface area (Å²) in [5.41, 5.74) is 0. The molecule has 2 rings (SSSR count). The second-order valence-electron chi connectivity index (χ2n) is 2.06. The van der Waals surface area contributed by atoms with Crippen LogP contribution in [0, 0.1) is 0 Å². The summed E-state index contributed by atoms with van der Waals surface area (Å²) in [4.78, 5) is 3.88. The zero-order chi connectivity index (χ0) is 6.97. The molecule has 1 N–H and O–H groups in total. The standard InChI is InChI=1S/C6H6N2O2/c9-5-3-8-2-1-7-6(8)10-4-5/h1-2,4,9H,3H2. The number of ether oxygens (including phenoxy) is 1. The van der Waals surface area contributed by atoms with E-state index in [1.165, 1.54) is 6.26 Å². The third-order valence-electron chi connectivity index (χ3n) is 1.31. The Morgan fingerprint density at radius 1 is 1.70 bits per heavy atom. The van der Waals surface area contributed by atoms with Crippen LogP contribution in [-0.2, 0) is 6.54 Å². The summed E-state index contributed by atoms with van der Waals surface area (Å²) in [6.07, 6.45) is 4.67. The first kappa shape index (κ1) is 5.34. The number of allylic oxidation sites excluding steroid dienone is 1. The third kappa shape index (κ3) is 0.655. The third-order valence-corrected chi connectivity index (χ3v) is 1.31. The van der Waals surface area contributed by atoms with Crippen LogP contribution in [-0.4, -0.2) is 14.7 Å². The zero-order valence-corrected chi connectivity index (χ0v) is 5.19. The molecule has 1 aromatic heterocycles. The molecule has 0 bridgehead atoms. The van der Waals surface area contributed by atoms with Gasteiger partial charge in [-0.05, 0) is 0 Å². The van der Waals surface area contributed by atoms with Gasteiger partial charge in [0, 0.05) is 12.4 Å². The molecule has 2 heterocycles. The molecule has 10 heavy (non-hydrogen) atoms. The van der Waals surface area contributed by atoms with Gasteiger partial charge in [-0.3, -0.25) is 4.57 Å². The SMILES string of the molecule is OC1=COc2nccn2C1. The van der Waals surface area contributed by atoms with E-state index in [2.05, 4.69) is 4.98 Å². The molecule has 0 aliphatic carbocycles. The number of aliphatic hydroxyl groups excluding tert-OH is 1. The monoisotopic (exact) mass is 138 g/mol. The van der Waals surface area contributed by atoms with Crippen LogP contribution in [0.2, 0.25) is 0 Å². The second-order valence-corrected chi connectivity index (χ2v) is 2.06. The van der Waals surface area contributed by atoms with E-state index in [0.717, 1.165) is 0 Å². The Bertz CT molecular complexity index is 277. The number of fused-ring (bicyclic) bond motifs is 1. The van der Waals surface area contributed by atoms with Crippen LogP contribution in [0.1, 0.15) is 0 Å². The van der Waals surface area contributed by atoms with E-state index in [9.17, 15) is 0 Å². The summed E-state index contributed by atoms with van der Waals surface area (Å²) < 4.78 is 6.63. The fourth-order valence-corrected chi connectivity index (χ4v) is 0.866. The van der Waals surface area contributed by atoms with Gasteiger partial charge in [0.1, 0.15) is 12.0 Å². The molecule has 52 valence electrons. The van der Waals surface area contributed by atoms with Crippen molar-refractivity contribution in [2.75, 3.05) is 0 Å². The smallest absolute Gasteiger partial charge is 0.301 e. The molecule has 0 unspecified atom stereocenters. The fraction of sp³-hybridized carbons (Fsp3) is 0.167. The molecule has 0 aromatic carbocycles. The Kier molecular flexibility index (Phi) is 0.943. The molecule has 4 heteroatoms. The van der Waals surface area contributed by atoms with E-state index in [4.69, 9.17) is 9.84 Å². The van der Waals surface area contributed by atoms with Crippen LogP contribution in [0.4, 0.5) is 0 Å². The molecule has 1 aliphatic rings. The normalized spacial score (nSPS) is 15.4.